The molecule has 0 unspecified atom stereocenters. The molecule has 1 amide bonds. The van der Waals surface area contributed by atoms with E-state index in [0.717, 1.165) is 39.1 Å². The molecule has 1 aliphatic rings. The molecule has 0 radical (unpaired) electrons. The first-order valence-electron chi connectivity index (χ1n) is 7.49. The van der Waals surface area contributed by atoms with Crippen LogP contribution in [-0.4, -0.2) is 50.1 Å². The Labute approximate surface area is 121 Å². The quantitative estimate of drug-likeness (QED) is 0.887. The SMILES string of the molecule is CCCNC(=O)CN1CCN(c2cccc(C)c2)CC1. The highest BCUT2D eigenvalue weighted by Gasteiger charge is 2.18. The maximum Gasteiger partial charge on any atom is 0.234 e. The second-order valence-corrected chi connectivity index (χ2v) is 5.45. The van der Waals surface area contributed by atoms with E-state index in [1.54, 1.807) is 0 Å². The summed E-state index contributed by atoms with van der Waals surface area (Å²) in [6.45, 7) is 9.39. The predicted molar refractivity (Wildman–Crippen MR) is 83.1 cm³/mol. The van der Waals surface area contributed by atoms with E-state index in [1.807, 2.05) is 0 Å². The molecule has 0 spiro atoms. The van der Waals surface area contributed by atoms with Gasteiger partial charge in [-0.1, -0.05) is 19.1 Å². The van der Waals surface area contributed by atoms with Crippen LogP contribution in [-0.2, 0) is 4.79 Å². The number of benzene rings is 1. The van der Waals surface area contributed by atoms with Gasteiger partial charge in [0.05, 0.1) is 6.54 Å². The summed E-state index contributed by atoms with van der Waals surface area (Å²) >= 11 is 0. The number of carbonyl (C=O) groups excluding carboxylic acids is 1. The summed E-state index contributed by atoms with van der Waals surface area (Å²) < 4.78 is 0. The number of hydrogen-bond donors (Lipinski definition) is 1. The smallest absolute Gasteiger partial charge is 0.234 e. The van der Waals surface area contributed by atoms with Crippen LogP contribution in [0, 0.1) is 6.92 Å². The van der Waals surface area contributed by atoms with Gasteiger partial charge in [-0.2, -0.15) is 0 Å². The Kier molecular flexibility index (Phi) is 5.41. The van der Waals surface area contributed by atoms with Gasteiger partial charge in [0, 0.05) is 38.4 Å². The van der Waals surface area contributed by atoms with E-state index in [-0.39, 0.29) is 5.91 Å². The number of hydrogen-bond acceptors (Lipinski definition) is 3. The number of rotatable bonds is 5. The van der Waals surface area contributed by atoms with Crippen LogP contribution in [0.25, 0.3) is 0 Å². The number of nitrogens with zero attached hydrogens (tertiary/aromatic N) is 2. The fraction of sp³-hybridized carbons (Fsp3) is 0.562. The second-order valence-electron chi connectivity index (χ2n) is 5.45. The summed E-state index contributed by atoms with van der Waals surface area (Å²) in [6.07, 6.45) is 0.993. The van der Waals surface area contributed by atoms with Crippen molar-refractivity contribution in [2.24, 2.45) is 0 Å². The van der Waals surface area contributed by atoms with Gasteiger partial charge in [-0.05, 0) is 31.0 Å². The van der Waals surface area contributed by atoms with E-state index in [1.165, 1.54) is 11.3 Å². The Hall–Kier alpha value is -1.55. The van der Waals surface area contributed by atoms with Crippen molar-refractivity contribution in [1.82, 2.24) is 10.2 Å². The molecule has 0 aromatic heterocycles. The molecule has 0 atom stereocenters. The lowest BCUT2D eigenvalue weighted by atomic mass is 10.2. The summed E-state index contributed by atoms with van der Waals surface area (Å²) in [5.41, 5.74) is 2.59. The van der Waals surface area contributed by atoms with Crippen LogP contribution >= 0.6 is 0 Å². The molecule has 1 heterocycles. The van der Waals surface area contributed by atoms with Crippen LogP contribution in [0.5, 0.6) is 0 Å². The molecular formula is C16H25N3O. The molecule has 4 heteroatoms. The molecule has 4 nitrogen and oxygen atoms in total. The Bertz CT molecular complexity index is 439. The number of amides is 1. The molecule has 0 bridgehead atoms. The van der Waals surface area contributed by atoms with Crippen molar-refractivity contribution in [2.75, 3.05) is 44.2 Å². The Balaban J connectivity index is 1.79. The third kappa shape index (κ3) is 4.23. The second kappa shape index (κ2) is 7.29. The molecule has 0 aliphatic carbocycles. The molecule has 110 valence electrons. The number of anilines is 1. The largest absolute Gasteiger partial charge is 0.369 e. The summed E-state index contributed by atoms with van der Waals surface area (Å²) in [7, 11) is 0. The van der Waals surface area contributed by atoms with Crippen molar-refractivity contribution in [3.63, 3.8) is 0 Å². The lowest BCUT2D eigenvalue weighted by molar-refractivity contribution is -0.122. The van der Waals surface area contributed by atoms with Gasteiger partial charge in [0.25, 0.3) is 0 Å². The first kappa shape index (κ1) is 14.9. The zero-order valence-corrected chi connectivity index (χ0v) is 12.6. The van der Waals surface area contributed by atoms with Gasteiger partial charge in [0.2, 0.25) is 5.91 Å². The van der Waals surface area contributed by atoms with E-state index < -0.39 is 0 Å². The minimum absolute atomic E-state index is 0.149. The maximum atomic E-state index is 11.7. The van der Waals surface area contributed by atoms with Crippen molar-refractivity contribution in [2.45, 2.75) is 20.3 Å². The van der Waals surface area contributed by atoms with Gasteiger partial charge < -0.3 is 10.2 Å². The normalized spacial score (nSPS) is 16.2. The lowest BCUT2D eigenvalue weighted by Gasteiger charge is -2.35. The van der Waals surface area contributed by atoms with Crippen molar-refractivity contribution in [1.29, 1.82) is 0 Å². The fourth-order valence-corrected chi connectivity index (χ4v) is 2.51. The van der Waals surface area contributed by atoms with E-state index in [0.29, 0.717) is 6.54 Å². The van der Waals surface area contributed by atoms with Gasteiger partial charge in [0.1, 0.15) is 0 Å². The first-order chi connectivity index (χ1) is 9.69. The maximum absolute atomic E-state index is 11.7. The molecule has 1 saturated heterocycles. The van der Waals surface area contributed by atoms with Crippen molar-refractivity contribution in [3.05, 3.63) is 29.8 Å². The monoisotopic (exact) mass is 275 g/mol. The van der Waals surface area contributed by atoms with Crippen LogP contribution < -0.4 is 10.2 Å². The Morgan fingerprint density at radius 3 is 2.65 bits per heavy atom. The zero-order valence-electron chi connectivity index (χ0n) is 12.6. The van der Waals surface area contributed by atoms with Gasteiger partial charge >= 0.3 is 0 Å². The summed E-state index contributed by atoms with van der Waals surface area (Å²) in [5.74, 6) is 0.149. The minimum atomic E-state index is 0.149. The third-order valence-corrected chi connectivity index (χ3v) is 3.68. The van der Waals surface area contributed by atoms with Gasteiger partial charge in [-0.25, -0.2) is 0 Å². The molecule has 1 fully saturated rings. The van der Waals surface area contributed by atoms with Crippen LogP contribution in [0.3, 0.4) is 0 Å². The molecule has 2 rings (SSSR count). The van der Waals surface area contributed by atoms with E-state index in [4.69, 9.17) is 0 Å². The minimum Gasteiger partial charge on any atom is -0.369 e. The van der Waals surface area contributed by atoms with E-state index in [2.05, 4.69) is 53.2 Å². The molecule has 1 aromatic rings. The first-order valence-corrected chi connectivity index (χ1v) is 7.49. The molecular weight excluding hydrogens is 250 g/mol. The predicted octanol–water partition coefficient (Wildman–Crippen LogP) is 1.64. The highest BCUT2D eigenvalue weighted by molar-refractivity contribution is 5.78. The lowest BCUT2D eigenvalue weighted by Crippen LogP contribution is -2.49. The topological polar surface area (TPSA) is 35.6 Å². The molecule has 1 aliphatic heterocycles. The van der Waals surface area contributed by atoms with Crippen molar-refractivity contribution < 1.29 is 4.79 Å². The fourth-order valence-electron chi connectivity index (χ4n) is 2.51. The Morgan fingerprint density at radius 1 is 1.25 bits per heavy atom. The standard InChI is InChI=1S/C16H25N3O/c1-3-7-17-16(20)13-18-8-10-19(11-9-18)15-6-4-5-14(2)12-15/h4-6,12H,3,7-11,13H2,1-2H3,(H,17,20). The summed E-state index contributed by atoms with van der Waals surface area (Å²) in [5, 5.41) is 2.94. The van der Waals surface area contributed by atoms with Crippen LogP contribution in [0.1, 0.15) is 18.9 Å². The molecule has 1 N–H and O–H groups in total. The van der Waals surface area contributed by atoms with E-state index >= 15 is 0 Å². The molecule has 1 aromatic carbocycles. The zero-order chi connectivity index (χ0) is 14.4. The van der Waals surface area contributed by atoms with E-state index in [9.17, 15) is 4.79 Å². The van der Waals surface area contributed by atoms with Gasteiger partial charge in [-0.15, -0.1) is 0 Å². The third-order valence-electron chi connectivity index (χ3n) is 3.68. The van der Waals surface area contributed by atoms with Crippen molar-refractivity contribution >= 4 is 11.6 Å². The van der Waals surface area contributed by atoms with Crippen LogP contribution in [0.15, 0.2) is 24.3 Å². The number of piperazine rings is 1. The summed E-state index contributed by atoms with van der Waals surface area (Å²) in [6, 6.07) is 8.62. The van der Waals surface area contributed by atoms with Gasteiger partial charge in [0.15, 0.2) is 0 Å². The highest BCUT2D eigenvalue weighted by Crippen LogP contribution is 2.17. The summed E-state index contributed by atoms with van der Waals surface area (Å²) in [4.78, 5) is 16.3. The molecule has 20 heavy (non-hydrogen) atoms. The number of nitrogens with one attached hydrogen (secondary N) is 1. The Morgan fingerprint density at radius 2 is 2.00 bits per heavy atom. The average Bonchev–Trinajstić information content (AvgIpc) is 2.46. The van der Waals surface area contributed by atoms with Crippen molar-refractivity contribution in [3.8, 4) is 0 Å². The highest BCUT2D eigenvalue weighted by atomic mass is 16.2. The number of aryl methyl sites for hydroxylation is 1. The van der Waals surface area contributed by atoms with Crippen LogP contribution in [0.4, 0.5) is 5.69 Å². The average molecular weight is 275 g/mol. The van der Waals surface area contributed by atoms with Gasteiger partial charge in [-0.3, -0.25) is 9.69 Å². The van der Waals surface area contributed by atoms with Crippen LogP contribution in [0.2, 0.25) is 0 Å². The molecule has 0 saturated carbocycles. The number of carbonyl (C=O) groups is 1.